The van der Waals surface area contributed by atoms with Gasteiger partial charge in [-0.1, -0.05) is 12.1 Å². The molecule has 7 heteroatoms. The number of carbonyl (C=O) groups excluding carboxylic acids is 2. The van der Waals surface area contributed by atoms with Crippen molar-refractivity contribution in [2.45, 2.75) is 31.7 Å². The third kappa shape index (κ3) is 3.24. The Labute approximate surface area is 122 Å². The summed E-state index contributed by atoms with van der Waals surface area (Å²) in [6, 6.07) is 1.73. The van der Waals surface area contributed by atoms with E-state index in [-0.39, 0.29) is 30.3 Å². The fourth-order valence-electron chi connectivity index (χ4n) is 2.80. The number of nitrogens with one attached hydrogen (secondary N) is 1. The zero-order valence-electron chi connectivity index (χ0n) is 12.0. The Bertz CT molecular complexity index is 552. The topological polar surface area (TPSA) is 101 Å². The number of likely N-dealkylation sites (tertiary alicyclic amines) is 1. The summed E-state index contributed by atoms with van der Waals surface area (Å²) in [5, 5.41) is 6.80. The Kier molecular flexibility index (Phi) is 3.67. The third-order valence-corrected chi connectivity index (χ3v) is 4.12. The normalized spacial score (nSPS) is 26.0. The molecule has 114 valence electrons. The lowest BCUT2D eigenvalue weighted by Crippen LogP contribution is -2.40. The van der Waals surface area contributed by atoms with Crippen LogP contribution in [0.5, 0.6) is 0 Å². The van der Waals surface area contributed by atoms with Gasteiger partial charge in [0.25, 0.3) is 5.91 Å². The summed E-state index contributed by atoms with van der Waals surface area (Å²) in [6.07, 6.45) is 2.22. The summed E-state index contributed by atoms with van der Waals surface area (Å²) in [7, 11) is 0. The molecular weight excluding hydrogens is 272 g/mol. The molecule has 7 nitrogen and oxygen atoms in total. The van der Waals surface area contributed by atoms with Gasteiger partial charge in [-0.05, 0) is 18.8 Å². The number of amides is 2. The van der Waals surface area contributed by atoms with Gasteiger partial charge in [-0.3, -0.25) is 14.5 Å². The molecule has 2 aliphatic rings. The average Bonchev–Trinajstić information content (AvgIpc) is 3.04. The van der Waals surface area contributed by atoms with Crippen molar-refractivity contribution in [1.82, 2.24) is 15.4 Å². The van der Waals surface area contributed by atoms with Crippen LogP contribution in [0.25, 0.3) is 0 Å². The van der Waals surface area contributed by atoms with Crippen molar-refractivity contribution in [3.8, 4) is 0 Å². The minimum atomic E-state index is -0.347. The molecule has 0 bridgehead atoms. The predicted molar refractivity (Wildman–Crippen MR) is 74.5 cm³/mol. The second kappa shape index (κ2) is 5.48. The van der Waals surface area contributed by atoms with Crippen molar-refractivity contribution >= 4 is 11.8 Å². The number of nitrogens with zero attached hydrogens (tertiary/aromatic N) is 2. The van der Waals surface area contributed by atoms with E-state index >= 15 is 0 Å². The van der Waals surface area contributed by atoms with Crippen LogP contribution < -0.4 is 11.1 Å². The Morgan fingerprint density at radius 3 is 2.90 bits per heavy atom. The molecule has 2 amide bonds. The van der Waals surface area contributed by atoms with Crippen molar-refractivity contribution in [2.75, 3.05) is 19.6 Å². The van der Waals surface area contributed by atoms with Crippen LogP contribution in [0.2, 0.25) is 0 Å². The Morgan fingerprint density at radius 1 is 1.48 bits per heavy atom. The molecule has 3 N–H and O–H groups in total. The fraction of sp³-hybridized carbons (Fsp3) is 0.643. The molecule has 1 aromatic heterocycles. The van der Waals surface area contributed by atoms with Crippen LogP contribution in [0.4, 0.5) is 0 Å². The summed E-state index contributed by atoms with van der Waals surface area (Å²) in [5.41, 5.74) is 5.53. The van der Waals surface area contributed by atoms with E-state index < -0.39 is 0 Å². The van der Waals surface area contributed by atoms with Crippen LogP contribution in [0.15, 0.2) is 10.6 Å². The van der Waals surface area contributed by atoms with Gasteiger partial charge in [0.15, 0.2) is 5.69 Å². The number of primary amides is 1. The summed E-state index contributed by atoms with van der Waals surface area (Å²) >= 11 is 0. The maximum Gasteiger partial charge on any atom is 0.273 e. The molecule has 0 aromatic carbocycles. The third-order valence-electron chi connectivity index (χ3n) is 4.12. The quantitative estimate of drug-likeness (QED) is 0.800. The second-order valence-corrected chi connectivity index (χ2v) is 6.11. The first-order chi connectivity index (χ1) is 10.0. The lowest BCUT2D eigenvalue weighted by molar-refractivity contribution is -0.118. The maximum absolute atomic E-state index is 12.2. The van der Waals surface area contributed by atoms with Gasteiger partial charge < -0.3 is 15.6 Å². The number of carbonyl (C=O) groups is 2. The van der Waals surface area contributed by atoms with E-state index in [9.17, 15) is 9.59 Å². The monoisotopic (exact) mass is 292 g/mol. The molecule has 0 spiro atoms. The Morgan fingerprint density at radius 2 is 2.24 bits per heavy atom. The summed E-state index contributed by atoms with van der Waals surface area (Å²) in [5.74, 6) is 0.941. The smallest absolute Gasteiger partial charge is 0.273 e. The standard InChI is InChI=1S/C14H20N4O3/c1-8-5-18(7-13(15)19)6-11(8)16-14(20)10-4-12(21-17-10)9-2-3-9/h4,8-9,11H,2-3,5-7H2,1H3,(H2,15,19)(H,16,20). The lowest BCUT2D eigenvalue weighted by Gasteiger charge is -2.15. The van der Waals surface area contributed by atoms with Crippen molar-refractivity contribution in [3.05, 3.63) is 17.5 Å². The van der Waals surface area contributed by atoms with Gasteiger partial charge in [0.1, 0.15) is 5.76 Å². The van der Waals surface area contributed by atoms with E-state index in [1.807, 2.05) is 11.8 Å². The minimum Gasteiger partial charge on any atom is -0.369 e. The van der Waals surface area contributed by atoms with Crippen molar-refractivity contribution in [1.29, 1.82) is 0 Å². The molecule has 2 atom stereocenters. The number of aromatic nitrogens is 1. The average molecular weight is 292 g/mol. The van der Waals surface area contributed by atoms with Gasteiger partial charge in [0.2, 0.25) is 5.91 Å². The first kappa shape index (κ1) is 14.1. The summed E-state index contributed by atoms with van der Waals surface area (Å²) in [4.78, 5) is 25.1. The molecule has 1 aliphatic carbocycles. The lowest BCUT2D eigenvalue weighted by atomic mass is 10.1. The van der Waals surface area contributed by atoms with E-state index in [2.05, 4.69) is 10.5 Å². The number of hydrogen-bond acceptors (Lipinski definition) is 5. The van der Waals surface area contributed by atoms with Crippen LogP contribution in [0.3, 0.4) is 0 Å². The van der Waals surface area contributed by atoms with Gasteiger partial charge in [-0.25, -0.2) is 0 Å². The van der Waals surface area contributed by atoms with Gasteiger partial charge in [0.05, 0.1) is 6.54 Å². The van der Waals surface area contributed by atoms with Crippen LogP contribution in [0, 0.1) is 5.92 Å². The van der Waals surface area contributed by atoms with E-state index in [4.69, 9.17) is 10.3 Å². The molecule has 21 heavy (non-hydrogen) atoms. The van der Waals surface area contributed by atoms with Crippen LogP contribution >= 0.6 is 0 Å². The van der Waals surface area contributed by atoms with Crippen molar-refractivity contribution in [3.63, 3.8) is 0 Å². The van der Waals surface area contributed by atoms with Gasteiger partial charge >= 0.3 is 0 Å². The van der Waals surface area contributed by atoms with E-state index in [1.54, 1.807) is 6.07 Å². The van der Waals surface area contributed by atoms with Crippen molar-refractivity contribution in [2.24, 2.45) is 11.7 Å². The highest BCUT2D eigenvalue weighted by Gasteiger charge is 2.33. The predicted octanol–water partition coefficient (Wildman–Crippen LogP) is 0.0874. The molecule has 1 aliphatic heterocycles. The zero-order chi connectivity index (χ0) is 15.0. The highest BCUT2D eigenvalue weighted by Crippen LogP contribution is 2.40. The summed E-state index contributed by atoms with van der Waals surface area (Å²) < 4.78 is 5.19. The van der Waals surface area contributed by atoms with Gasteiger partial charge in [-0.2, -0.15) is 0 Å². The molecular formula is C14H20N4O3. The molecule has 2 unspecified atom stereocenters. The van der Waals surface area contributed by atoms with Gasteiger partial charge in [0, 0.05) is 31.1 Å². The largest absolute Gasteiger partial charge is 0.369 e. The van der Waals surface area contributed by atoms with Crippen LogP contribution in [0.1, 0.15) is 41.9 Å². The highest BCUT2D eigenvalue weighted by molar-refractivity contribution is 5.92. The maximum atomic E-state index is 12.2. The van der Waals surface area contributed by atoms with Gasteiger partial charge in [-0.15, -0.1) is 0 Å². The second-order valence-electron chi connectivity index (χ2n) is 6.11. The zero-order valence-corrected chi connectivity index (χ0v) is 12.0. The van der Waals surface area contributed by atoms with E-state index in [1.165, 1.54) is 0 Å². The SMILES string of the molecule is CC1CN(CC(N)=O)CC1NC(=O)c1cc(C2CC2)on1. The van der Waals surface area contributed by atoms with Crippen LogP contribution in [-0.4, -0.2) is 47.5 Å². The Hall–Kier alpha value is -1.89. The van der Waals surface area contributed by atoms with Crippen LogP contribution in [-0.2, 0) is 4.79 Å². The molecule has 1 saturated carbocycles. The fourth-order valence-corrected chi connectivity index (χ4v) is 2.80. The van der Waals surface area contributed by atoms with E-state index in [0.29, 0.717) is 18.2 Å². The highest BCUT2D eigenvalue weighted by atomic mass is 16.5. The minimum absolute atomic E-state index is 0.00192. The summed E-state index contributed by atoms with van der Waals surface area (Å²) in [6.45, 7) is 3.65. The molecule has 1 saturated heterocycles. The number of nitrogens with two attached hydrogens (primary N) is 1. The molecule has 2 fully saturated rings. The molecule has 3 rings (SSSR count). The first-order valence-corrected chi connectivity index (χ1v) is 7.31. The molecule has 1 aromatic rings. The number of rotatable bonds is 5. The molecule has 0 radical (unpaired) electrons. The number of hydrogen-bond donors (Lipinski definition) is 2. The Balaban J connectivity index is 1.57. The van der Waals surface area contributed by atoms with Crippen molar-refractivity contribution < 1.29 is 14.1 Å². The molecule has 2 heterocycles. The van der Waals surface area contributed by atoms with E-state index in [0.717, 1.165) is 25.1 Å². The first-order valence-electron chi connectivity index (χ1n) is 7.31.